The van der Waals surface area contributed by atoms with E-state index in [0.29, 0.717) is 11.4 Å². The molecular weight excluding hydrogens is 426 g/mol. The molecule has 34 heavy (non-hydrogen) atoms. The number of rotatable bonds is 5. The highest BCUT2D eigenvalue weighted by molar-refractivity contribution is 6.00. The van der Waals surface area contributed by atoms with Gasteiger partial charge in [-0.3, -0.25) is 9.48 Å². The van der Waals surface area contributed by atoms with Crippen molar-refractivity contribution in [3.8, 4) is 39.4 Å². The summed E-state index contributed by atoms with van der Waals surface area (Å²) in [6.45, 7) is 3.54. The highest BCUT2D eigenvalue weighted by atomic mass is 16.1. The van der Waals surface area contributed by atoms with Gasteiger partial charge in [0.05, 0.1) is 6.20 Å². The van der Waals surface area contributed by atoms with Crippen LogP contribution in [-0.2, 0) is 11.8 Å². The molecule has 5 rings (SSSR count). The van der Waals surface area contributed by atoms with Crippen molar-refractivity contribution in [2.75, 3.05) is 5.32 Å². The zero-order valence-electron chi connectivity index (χ0n) is 18.3. The van der Waals surface area contributed by atoms with Gasteiger partial charge in [-0.15, -0.1) is 0 Å². The molecule has 164 valence electrons. The van der Waals surface area contributed by atoms with Crippen molar-refractivity contribution in [1.82, 2.24) is 24.7 Å². The number of hydrogen-bond donors (Lipinski definition) is 2. The summed E-state index contributed by atoms with van der Waals surface area (Å²) < 4.78 is 1.73. The predicted molar refractivity (Wildman–Crippen MR) is 131 cm³/mol. The van der Waals surface area contributed by atoms with Crippen LogP contribution in [0, 0.1) is 11.3 Å². The molecule has 0 unspecified atom stereocenters. The fraction of sp³-hybridized carbons (Fsp3) is 0.0385. The molecule has 0 radical (unpaired) electrons. The van der Waals surface area contributed by atoms with Gasteiger partial charge in [0.25, 0.3) is 0 Å². The van der Waals surface area contributed by atoms with Crippen LogP contribution >= 0.6 is 0 Å². The quantitative estimate of drug-likeness (QED) is 0.381. The highest BCUT2D eigenvalue weighted by Crippen LogP contribution is 2.34. The number of nitriles is 1. The molecule has 0 saturated heterocycles. The number of aryl methyl sites for hydroxylation is 1. The largest absolute Gasteiger partial charge is 0.346 e. The van der Waals surface area contributed by atoms with Crippen LogP contribution in [0.1, 0.15) is 5.69 Å². The predicted octanol–water partition coefficient (Wildman–Crippen LogP) is 4.69. The Kier molecular flexibility index (Phi) is 5.20. The summed E-state index contributed by atoms with van der Waals surface area (Å²) >= 11 is 0. The van der Waals surface area contributed by atoms with Crippen molar-refractivity contribution in [2.45, 2.75) is 0 Å². The lowest BCUT2D eigenvalue weighted by Gasteiger charge is -2.10. The molecular formula is C26H19N7O. The summed E-state index contributed by atoms with van der Waals surface area (Å²) in [5.41, 5.74) is 7.12. The molecule has 0 spiro atoms. The number of hydrogen-bond acceptors (Lipinski definition) is 5. The number of aromatic nitrogens is 5. The monoisotopic (exact) mass is 445 g/mol. The first-order valence-electron chi connectivity index (χ1n) is 10.5. The van der Waals surface area contributed by atoms with E-state index in [1.807, 2.05) is 49.8 Å². The van der Waals surface area contributed by atoms with E-state index < -0.39 is 0 Å². The van der Waals surface area contributed by atoms with E-state index in [1.54, 1.807) is 29.3 Å². The molecule has 0 aliphatic rings. The molecule has 1 aromatic carbocycles. The van der Waals surface area contributed by atoms with E-state index in [4.69, 9.17) is 0 Å². The number of carbonyl (C=O) groups is 1. The zero-order chi connectivity index (χ0) is 23.7. The molecule has 4 heterocycles. The van der Waals surface area contributed by atoms with Crippen molar-refractivity contribution in [3.63, 3.8) is 0 Å². The molecule has 0 fully saturated rings. The summed E-state index contributed by atoms with van der Waals surface area (Å²) in [6.07, 6.45) is 10.2. The minimum atomic E-state index is -0.290. The number of nitrogens with zero attached hydrogens (tertiary/aromatic N) is 5. The first-order valence-corrected chi connectivity index (χ1v) is 10.5. The van der Waals surface area contributed by atoms with Crippen molar-refractivity contribution in [3.05, 3.63) is 85.7 Å². The number of pyridine rings is 2. The lowest BCUT2D eigenvalue weighted by atomic mass is 9.98. The van der Waals surface area contributed by atoms with Gasteiger partial charge in [-0.1, -0.05) is 6.58 Å². The Morgan fingerprint density at radius 1 is 1.09 bits per heavy atom. The number of carbonyl (C=O) groups excluding carboxylic acids is 1. The van der Waals surface area contributed by atoms with Gasteiger partial charge >= 0.3 is 0 Å². The van der Waals surface area contributed by atoms with Crippen molar-refractivity contribution in [1.29, 1.82) is 5.26 Å². The molecule has 2 N–H and O–H groups in total. The van der Waals surface area contributed by atoms with Crippen LogP contribution in [0.2, 0.25) is 0 Å². The standard InChI is InChI=1S/C26H19N7O/c1-3-25(34)32-21-8-17(6-18(9-21)20-13-31-33(2)15-20)19-10-23-24(14-30-26(23)29-12-19)16-4-5-28-22(7-16)11-27/h3-10,12-15H,1H2,2H3,(H,29,30)(H,32,34). The van der Waals surface area contributed by atoms with Gasteiger partial charge in [0.1, 0.15) is 17.4 Å². The van der Waals surface area contributed by atoms with Crippen molar-refractivity contribution >= 4 is 22.6 Å². The highest BCUT2D eigenvalue weighted by Gasteiger charge is 2.13. The van der Waals surface area contributed by atoms with Gasteiger partial charge in [0, 0.05) is 59.6 Å². The second-order valence-electron chi connectivity index (χ2n) is 7.76. The van der Waals surface area contributed by atoms with Crippen LogP contribution in [-0.4, -0.2) is 30.6 Å². The maximum absolute atomic E-state index is 12.0. The Balaban J connectivity index is 1.65. The SMILES string of the molecule is C=CC(=O)Nc1cc(-c2cnc3[nH]cc(-c4ccnc(C#N)c4)c3c2)cc(-c2cnn(C)c2)c1. The normalized spacial score (nSPS) is 10.7. The number of benzene rings is 1. The fourth-order valence-corrected chi connectivity index (χ4v) is 3.86. The van der Waals surface area contributed by atoms with E-state index in [2.05, 4.69) is 38.0 Å². The Labute approximate surface area is 195 Å². The third-order valence-electron chi connectivity index (χ3n) is 5.47. The van der Waals surface area contributed by atoms with Crippen molar-refractivity contribution < 1.29 is 4.79 Å². The summed E-state index contributed by atoms with van der Waals surface area (Å²) in [5, 5.41) is 17.2. The average Bonchev–Trinajstić information content (AvgIpc) is 3.49. The molecule has 8 nitrogen and oxygen atoms in total. The number of nitrogens with one attached hydrogen (secondary N) is 2. The third-order valence-corrected chi connectivity index (χ3v) is 5.47. The van der Waals surface area contributed by atoms with Crippen LogP contribution in [0.3, 0.4) is 0 Å². The maximum atomic E-state index is 12.0. The van der Waals surface area contributed by atoms with E-state index in [9.17, 15) is 10.1 Å². The number of amides is 1. The summed E-state index contributed by atoms with van der Waals surface area (Å²) in [7, 11) is 1.86. The fourth-order valence-electron chi connectivity index (χ4n) is 3.86. The number of aromatic amines is 1. The van der Waals surface area contributed by atoms with E-state index in [0.717, 1.165) is 44.4 Å². The average molecular weight is 445 g/mol. The van der Waals surface area contributed by atoms with Gasteiger partial charge < -0.3 is 10.3 Å². The Bertz CT molecular complexity index is 1600. The smallest absolute Gasteiger partial charge is 0.247 e. The Morgan fingerprint density at radius 3 is 2.65 bits per heavy atom. The van der Waals surface area contributed by atoms with Gasteiger partial charge in [-0.2, -0.15) is 10.4 Å². The van der Waals surface area contributed by atoms with Crippen LogP contribution in [0.4, 0.5) is 5.69 Å². The summed E-state index contributed by atoms with van der Waals surface area (Å²) in [6, 6.07) is 13.6. The zero-order valence-corrected chi connectivity index (χ0v) is 18.3. The Morgan fingerprint density at radius 2 is 1.91 bits per heavy atom. The second kappa shape index (κ2) is 8.48. The molecule has 0 aliphatic carbocycles. The Hall–Kier alpha value is -5.03. The first-order chi connectivity index (χ1) is 16.5. The topological polar surface area (TPSA) is 112 Å². The van der Waals surface area contributed by atoms with Crippen LogP contribution in [0.15, 0.2) is 80.0 Å². The molecule has 0 aliphatic heterocycles. The molecule has 1 amide bonds. The molecule has 8 heteroatoms. The van der Waals surface area contributed by atoms with Gasteiger partial charge in [0.15, 0.2) is 0 Å². The maximum Gasteiger partial charge on any atom is 0.247 e. The number of fused-ring (bicyclic) bond motifs is 1. The molecule has 0 saturated carbocycles. The summed E-state index contributed by atoms with van der Waals surface area (Å²) in [5.74, 6) is -0.290. The van der Waals surface area contributed by atoms with Gasteiger partial charge in [0.2, 0.25) is 5.91 Å². The van der Waals surface area contributed by atoms with Gasteiger partial charge in [-0.25, -0.2) is 9.97 Å². The minimum Gasteiger partial charge on any atom is -0.346 e. The third kappa shape index (κ3) is 3.94. The minimum absolute atomic E-state index is 0.290. The summed E-state index contributed by atoms with van der Waals surface area (Å²) in [4.78, 5) is 23.8. The van der Waals surface area contributed by atoms with Crippen molar-refractivity contribution in [2.24, 2.45) is 7.05 Å². The molecule has 5 aromatic rings. The van der Waals surface area contributed by atoms with E-state index >= 15 is 0 Å². The molecule has 0 atom stereocenters. The van der Waals surface area contributed by atoms with E-state index in [-0.39, 0.29) is 5.91 Å². The number of anilines is 1. The van der Waals surface area contributed by atoms with E-state index in [1.165, 1.54) is 6.08 Å². The second-order valence-corrected chi connectivity index (χ2v) is 7.76. The van der Waals surface area contributed by atoms with Crippen LogP contribution in [0.25, 0.3) is 44.4 Å². The van der Waals surface area contributed by atoms with Crippen LogP contribution < -0.4 is 5.32 Å². The lowest BCUT2D eigenvalue weighted by molar-refractivity contribution is -0.111. The first kappa shape index (κ1) is 20.8. The molecule has 4 aromatic heterocycles. The number of H-pyrrole nitrogens is 1. The molecule has 0 bridgehead atoms. The lowest BCUT2D eigenvalue weighted by Crippen LogP contribution is -2.07. The van der Waals surface area contributed by atoms with Gasteiger partial charge in [-0.05, 0) is 59.2 Å². The van der Waals surface area contributed by atoms with Crippen LogP contribution in [0.5, 0.6) is 0 Å².